The van der Waals surface area contributed by atoms with Crippen molar-refractivity contribution < 1.29 is 43.7 Å². The van der Waals surface area contributed by atoms with E-state index in [9.17, 15) is 34.2 Å². The zero-order chi connectivity index (χ0) is 40.6. The number of hydrazine groups is 1. The van der Waals surface area contributed by atoms with Crippen LogP contribution in [0.4, 0.5) is 0 Å². The molecule has 1 aromatic rings. The summed E-state index contributed by atoms with van der Waals surface area (Å²) >= 11 is 0. The second kappa shape index (κ2) is 26.5. The first kappa shape index (κ1) is 47.7. The number of carbonyl (C=O) groups excluding carboxylic acids is 6. The molecule has 0 saturated carbocycles. The van der Waals surface area contributed by atoms with Crippen molar-refractivity contribution in [3.63, 3.8) is 0 Å². The van der Waals surface area contributed by atoms with Gasteiger partial charge >= 0.3 is 5.97 Å². The van der Waals surface area contributed by atoms with Gasteiger partial charge in [0.15, 0.2) is 0 Å². The largest absolute Gasteiger partial charge is 0.456 e. The summed E-state index contributed by atoms with van der Waals surface area (Å²) in [4.78, 5) is 71.9. The number of aliphatic hydroxyl groups excluding tert-OH is 2. The summed E-state index contributed by atoms with van der Waals surface area (Å²) in [5.74, 6) is -2.37. The molecule has 5 unspecified atom stereocenters. The fourth-order valence-electron chi connectivity index (χ4n) is 6.02. The highest BCUT2D eigenvalue weighted by molar-refractivity contribution is 5.90. The summed E-state index contributed by atoms with van der Waals surface area (Å²) in [7, 11) is 1.70. The molecule has 1 aliphatic rings. The van der Waals surface area contributed by atoms with Gasteiger partial charge in [0.1, 0.15) is 37.0 Å². The average Bonchev–Trinajstić information content (AvgIpc) is 3.16. The SMILES string of the molecule is CC=O.CCC[C@@H](C=O)C(O)C(C)[C@@H](O)/C=C/C=C/C[C@H](OC(=O)C1CCCN(C(=O)C(Cc2ccccc2)NC(=O)C(NC)C(C)C)N1)/C(C)=C/C=O. The molecular formula is C41H62N4O9. The maximum Gasteiger partial charge on any atom is 0.325 e. The van der Waals surface area contributed by atoms with Gasteiger partial charge in [-0.3, -0.25) is 24.2 Å². The molecule has 8 atom stereocenters. The van der Waals surface area contributed by atoms with Crippen LogP contribution in [-0.4, -0.2) is 102 Å². The standard InChI is InChI=1S/C39H58N4O8.C2H4O/c1-7-15-30(25-45)36(47)28(5)33(46)19-12-9-13-20-34(27(4)21-23-44)51-39(50)31-18-14-22-43(42-31)38(49)32(24-29-16-10-8-11-17-29)41-37(48)35(40-6)26(2)3;1-2-3/h8-13,16-17,19,21,23,25-26,28,30-36,40,42,46-47H,7,14-15,18,20,22,24H2,1-6H3,(H,41,48);2H,1H3/b13-9+,19-12+,27-21+;/t28?,30-,31?,32?,33-,34-,35?,36?;/m0./s1. The van der Waals surface area contributed by atoms with E-state index in [4.69, 9.17) is 9.53 Å². The molecule has 0 aliphatic carbocycles. The van der Waals surface area contributed by atoms with Crippen molar-refractivity contribution in [2.45, 2.75) is 117 Å². The van der Waals surface area contributed by atoms with Gasteiger partial charge in [-0.25, -0.2) is 5.43 Å². The van der Waals surface area contributed by atoms with Gasteiger partial charge in [0.2, 0.25) is 5.91 Å². The number of nitrogens with one attached hydrogen (secondary N) is 3. The van der Waals surface area contributed by atoms with E-state index in [-0.39, 0.29) is 30.6 Å². The highest BCUT2D eigenvalue weighted by Gasteiger charge is 2.35. The number of aliphatic hydroxyl groups is 2. The summed E-state index contributed by atoms with van der Waals surface area (Å²) in [5, 5.41) is 28.3. The Morgan fingerprint density at radius 1 is 1.07 bits per heavy atom. The molecule has 1 heterocycles. The third-order valence-corrected chi connectivity index (χ3v) is 9.21. The normalized spacial score (nSPS) is 18.7. The Bertz CT molecular complexity index is 1400. The van der Waals surface area contributed by atoms with Gasteiger partial charge in [-0.05, 0) is 63.3 Å². The van der Waals surface area contributed by atoms with Crippen LogP contribution >= 0.6 is 0 Å². The van der Waals surface area contributed by atoms with Crippen LogP contribution in [-0.2, 0) is 39.9 Å². The van der Waals surface area contributed by atoms with Crippen LogP contribution in [0, 0.1) is 17.8 Å². The topological polar surface area (TPSA) is 191 Å². The highest BCUT2D eigenvalue weighted by atomic mass is 16.5. The van der Waals surface area contributed by atoms with Crippen molar-refractivity contribution in [2.24, 2.45) is 17.8 Å². The number of rotatable bonds is 21. The molecular weight excluding hydrogens is 692 g/mol. The molecule has 1 aliphatic heterocycles. The Morgan fingerprint density at radius 2 is 1.74 bits per heavy atom. The van der Waals surface area contributed by atoms with Crippen LogP contribution in [0.5, 0.6) is 0 Å². The van der Waals surface area contributed by atoms with Gasteiger partial charge in [0.05, 0.1) is 18.2 Å². The predicted octanol–water partition coefficient (Wildman–Crippen LogP) is 3.19. The number of amides is 2. The maximum absolute atomic E-state index is 13.9. The fourth-order valence-corrected chi connectivity index (χ4v) is 6.02. The lowest BCUT2D eigenvalue weighted by Crippen LogP contribution is -2.61. The summed E-state index contributed by atoms with van der Waals surface area (Å²) in [5.41, 5.74) is 4.42. The molecule has 1 fully saturated rings. The van der Waals surface area contributed by atoms with Crippen molar-refractivity contribution >= 4 is 36.6 Å². The van der Waals surface area contributed by atoms with Crippen molar-refractivity contribution in [2.75, 3.05) is 13.6 Å². The van der Waals surface area contributed by atoms with Gasteiger partial charge in [0, 0.05) is 31.2 Å². The molecule has 1 aromatic carbocycles. The fraction of sp³-hybridized carbons (Fsp3) is 0.561. The quantitative estimate of drug-likeness (QED) is 0.0536. The first-order valence-corrected chi connectivity index (χ1v) is 18.8. The number of aldehydes is 3. The zero-order valence-corrected chi connectivity index (χ0v) is 32.9. The molecule has 300 valence electrons. The molecule has 0 bridgehead atoms. The van der Waals surface area contributed by atoms with Crippen LogP contribution in [0.1, 0.15) is 79.2 Å². The molecule has 13 nitrogen and oxygen atoms in total. The van der Waals surface area contributed by atoms with Gasteiger partial charge < -0.3 is 35.2 Å². The molecule has 2 amide bonds. The predicted molar refractivity (Wildman–Crippen MR) is 208 cm³/mol. The van der Waals surface area contributed by atoms with E-state index in [1.807, 2.05) is 51.1 Å². The van der Waals surface area contributed by atoms with Crippen molar-refractivity contribution in [1.29, 1.82) is 0 Å². The summed E-state index contributed by atoms with van der Waals surface area (Å²) in [6.45, 7) is 10.9. The lowest BCUT2D eigenvalue weighted by Gasteiger charge is -2.36. The minimum atomic E-state index is -0.988. The summed E-state index contributed by atoms with van der Waals surface area (Å²) in [6.07, 6.45) is 9.91. The lowest BCUT2D eigenvalue weighted by atomic mass is 9.86. The van der Waals surface area contributed by atoms with E-state index >= 15 is 0 Å². The third kappa shape index (κ3) is 16.4. The summed E-state index contributed by atoms with van der Waals surface area (Å²) in [6, 6.07) is 7.18. The summed E-state index contributed by atoms with van der Waals surface area (Å²) < 4.78 is 5.85. The number of carbonyl (C=O) groups is 6. The number of allylic oxidation sites excluding steroid dienone is 3. The maximum atomic E-state index is 13.9. The monoisotopic (exact) mass is 754 g/mol. The van der Waals surface area contributed by atoms with Gasteiger partial charge in [-0.15, -0.1) is 0 Å². The first-order valence-electron chi connectivity index (χ1n) is 18.8. The highest BCUT2D eigenvalue weighted by Crippen LogP contribution is 2.21. The van der Waals surface area contributed by atoms with Crippen LogP contribution in [0.25, 0.3) is 0 Å². The lowest BCUT2D eigenvalue weighted by molar-refractivity contribution is -0.156. The van der Waals surface area contributed by atoms with Gasteiger partial charge in [-0.1, -0.05) is 88.8 Å². The Balaban J connectivity index is 0.00000469. The van der Waals surface area contributed by atoms with Crippen molar-refractivity contribution in [3.05, 3.63) is 71.8 Å². The molecule has 54 heavy (non-hydrogen) atoms. The van der Waals surface area contributed by atoms with Gasteiger partial charge in [-0.2, -0.15) is 0 Å². The first-order chi connectivity index (χ1) is 25.8. The molecule has 13 heteroatoms. The van der Waals surface area contributed by atoms with E-state index in [1.165, 1.54) is 24.1 Å². The minimum Gasteiger partial charge on any atom is -0.456 e. The van der Waals surface area contributed by atoms with Crippen LogP contribution < -0.4 is 16.1 Å². The average molecular weight is 755 g/mol. The molecule has 0 spiro atoms. The molecule has 1 saturated heterocycles. The number of ether oxygens (including phenoxy) is 1. The molecule has 0 aromatic heterocycles. The Kier molecular flexibility index (Phi) is 23.4. The van der Waals surface area contributed by atoms with Gasteiger partial charge in [0.25, 0.3) is 5.91 Å². The third-order valence-electron chi connectivity index (χ3n) is 9.21. The molecule has 5 N–H and O–H groups in total. The van der Waals surface area contributed by atoms with E-state index in [1.54, 1.807) is 39.1 Å². The molecule has 0 radical (unpaired) electrons. The Labute approximate surface area is 320 Å². The number of esters is 1. The number of likely N-dealkylation sites (N-methyl/N-ethyl adjacent to an activating group) is 1. The smallest absolute Gasteiger partial charge is 0.325 e. The zero-order valence-electron chi connectivity index (χ0n) is 32.9. The number of benzene rings is 1. The van der Waals surface area contributed by atoms with Crippen molar-refractivity contribution in [3.8, 4) is 0 Å². The molecule has 2 rings (SSSR count). The van der Waals surface area contributed by atoms with Crippen molar-refractivity contribution in [1.82, 2.24) is 21.1 Å². The Morgan fingerprint density at radius 3 is 2.31 bits per heavy atom. The number of nitrogens with zero attached hydrogens (tertiary/aromatic N) is 1. The van der Waals surface area contributed by atoms with E-state index < -0.39 is 54.2 Å². The Hall–Kier alpha value is -4.30. The van der Waals surface area contributed by atoms with E-state index in [0.717, 1.165) is 24.6 Å². The second-order valence-electron chi connectivity index (χ2n) is 13.8. The van der Waals surface area contributed by atoms with Crippen LogP contribution in [0.2, 0.25) is 0 Å². The van der Waals surface area contributed by atoms with E-state index in [2.05, 4.69) is 16.1 Å². The number of hydrogen-bond acceptors (Lipinski definition) is 11. The second-order valence-corrected chi connectivity index (χ2v) is 13.8. The van der Waals surface area contributed by atoms with E-state index in [0.29, 0.717) is 37.7 Å². The minimum absolute atomic E-state index is 0.00717. The number of hydrogen-bond donors (Lipinski definition) is 5. The van der Waals surface area contributed by atoms with Crippen LogP contribution in [0.15, 0.2) is 66.3 Å². The van der Waals surface area contributed by atoms with Crippen LogP contribution in [0.3, 0.4) is 0 Å².